The normalized spacial score (nSPS) is 10.7. The van der Waals surface area contributed by atoms with E-state index < -0.39 is 0 Å². The third kappa shape index (κ3) is 2.12. The second-order valence-corrected chi connectivity index (χ2v) is 5.21. The number of methoxy groups -OCH3 is 1. The predicted octanol–water partition coefficient (Wildman–Crippen LogP) is 3.97. The fourth-order valence-corrected chi connectivity index (χ4v) is 2.89. The zero-order valence-electron chi connectivity index (χ0n) is 10.8. The Balaban J connectivity index is 2.31. The molecule has 4 heteroatoms. The van der Waals surface area contributed by atoms with Crippen LogP contribution in [0.5, 0.6) is 5.75 Å². The van der Waals surface area contributed by atoms with Gasteiger partial charge >= 0.3 is 0 Å². The molecule has 1 aromatic heterocycles. The van der Waals surface area contributed by atoms with E-state index in [-0.39, 0.29) is 5.56 Å². The van der Waals surface area contributed by atoms with Crippen molar-refractivity contribution < 1.29 is 4.74 Å². The summed E-state index contributed by atoms with van der Waals surface area (Å²) in [5.74, 6) is 0.753. The van der Waals surface area contributed by atoms with E-state index >= 15 is 0 Å². The number of H-pyrrole nitrogens is 1. The number of fused-ring (bicyclic) bond motifs is 1. The third-order valence-corrected chi connectivity index (χ3v) is 4.05. The van der Waals surface area contributed by atoms with Gasteiger partial charge in [0.2, 0.25) is 0 Å². The number of pyridine rings is 1. The van der Waals surface area contributed by atoms with E-state index in [1.54, 1.807) is 7.11 Å². The molecule has 2 aromatic carbocycles. The van der Waals surface area contributed by atoms with Gasteiger partial charge in [0.1, 0.15) is 5.75 Å². The molecule has 100 valence electrons. The van der Waals surface area contributed by atoms with Gasteiger partial charge in [-0.2, -0.15) is 0 Å². The van der Waals surface area contributed by atoms with Gasteiger partial charge in [0, 0.05) is 20.8 Å². The van der Waals surface area contributed by atoms with E-state index in [0.717, 1.165) is 26.9 Å². The summed E-state index contributed by atoms with van der Waals surface area (Å²) < 4.78 is 6.10. The molecular weight excluding hydrogens is 318 g/mol. The van der Waals surface area contributed by atoms with Crippen LogP contribution in [-0.2, 0) is 0 Å². The van der Waals surface area contributed by atoms with Gasteiger partial charge in [0.05, 0.1) is 12.8 Å². The average Bonchev–Trinajstić information content (AvgIpc) is 2.51. The second kappa shape index (κ2) is 5.13. The van der Waals surface area contributed by atoms with Gasteiger partial charge in [-0.25, -0.2) is 0 Å². The zero-order valence-corrected chi connectivity index (χ0v) is 12.4. The van der Waals surface area contributed by atoms with Crippen LogP contribution in [0.15, 0.2) is 57.8 Å². The van der Waals surface area contributed by atoms with Crippen LogP contribution in [0.2, 0.25) is 0 Å². The lowest BCUT2D eigenvalue weighted by Gasteiger charge is -2.09. The monoisotopic (exact) mass is 329 g/mol. The van der Waals surface area contributed by atoms with Gasteiger partial charge in [0.25, 0.3) is 5.56 Å². The van der Waals surface area contributed by atoms with Gasteiger partial charge in [-0.3, -0.25) is 4.79 Å². The number of halogens is 1. The number of nitrogens with one attached hydrogen (secondary N) is 1. The predicted molar refractivity (Wildman–Crippen MR) is 84.3 cm³/mol. The number of benzene rings is 2. The Kier molecular flexibility index (Phi) is 3.32. The van der Waals surface area contributed by atoms with Crippen molar-refractivity contribution in [3.8, 4) is 17.0 Å². The van der Waals surface area contributed by atoms with Crippen LogP contribution in [-0.4, -0.2) is 12.1 Å². The highest BCUT2D eigenvalue weighted by atomic mass is 79.9. The number of ether oxygens (including phenoxy) is 1. The first kappa shape index (κ1) is 12.9. The molecule has 0 saturated heterocycles. The Morgan fingerprint density at radius 3 is 2.55 bits per heavy atom. The van der Waals surface area contributed by atoms with Crippen molar-refractivity contribution in [2.45, 2.75) is 0 Å². The maximum absolute atomic E-state index is 12.2. The average molecular weight is 330 g/mol. The maximum Gasteiger partial charge on any atom is 0.256 e. The number of aromatic nitrogens is 1. The van der Waals surface area contributed by atoms with Crippen LogP contribution in [0.25, 0.3) is 22.0 Å². The first-order chi connectivity index (χ1) is 9.70. The number of hydrogen-bond donors (Lipinski definition) is 1. The zero-order chi connectivity index (χ0) is 14.1. The molecule has 0 unspecified atom stereocenters. The molecule has 0 spiro atoms. The van der Waals surface area contributed by atoms with Gasteiger partial charge < -0.3 is 9.72 Å². The van der Waals surface area contributed by atoms with Crippen molar-refractivity contribution in [1.82, 2.24) is 4.98 Å². The molecule has 0 saturated carbocycles. The smallest absolute Gasteiger partial charge is 0.256 e. The second-order valence-electron chi connectivity index (χ2n) is 4.42. The standard InChI is InChI=1S/C16H12BrNO2/c1-20-11-6-4-5-10(9-11)15-14(17)12-7-2-3-8-13(12)16(19)18-15/h2-9H,1H3,(H,18,19). The molecule has 0 fully saturated rings. The highest BCUT2D eigenvalue weighted by Gasteiger charge is 2.11. The Morgan fingerprint density at radius 2 is 1.80 bits per heavy atom. The minimum absolute atomic E-state index is 0.0957. The van der Waals surface area contributed by atoms with E-state index in [9.17, 15) is 4.79 Å². The summed E-state index contributed by atoms with van der Waals surface area (Å²) in [5, 5.41) is 1.57. The van der Waals surface area contributed by atoms with Crippen molar-refractivity contribution in [3.63, 3.8) is 0 Å². The minimum Gasteiger partial charge on any atom is -0.497 e. The lowest BCUT2D eigenvalue weighted by molar-refractivity contribution is 0.415. The van der Waals surface area contributed by atoms with E-state index in [1.807, 2.05) is 48.5 Å². The fourth-order valence-electron chi connectivity index (χ4n) is 2.22. The van der Waals surface area contributed by atoms with Crippen LogP contribution < -0.4 is 10.3 Å². The molecule has 0 aliphatic carbocycles. The van der Waals surface area contributed by atoms with E-state index in [0.29, 0.717) is 5.39 Å². The lowest BCUT2D eigenvalue weighted by Crippen LogP contribution is -2.08. The molecule has 0 radical (unpaired) electrons. The Labute approximate surface area is 124 Å². The van der Waals surface area contributed by atoms with E-state index in [2.05, 4.69) is 20.9 Å². The van der Waals surface area contributed by atoms with Crippen LogP contribution in [0, 0.1) is 0 Å². The molecular formula is C16H12BrNO2. The van der Waals surface area contributed by atoms with Crippen molar-refractivity contribution in [1.29, 1.82) is 0 Å². The summed E-state index contributed by atoms with van der Waals surface area (Å²) >= 11 is 3.59. The molecule has 0 aliphatic heterocycles. The van der Waals surface area contributed by atoms with Gasteiger partial charge in [-0.05, 0) is 34.1 Å². The first-order valence-electron chi connectivity index (χ1n) is 6.15. The molecule has 0 atom stereocenters. The summed E-state index contributed by atoms with van der Waals surface area (Å²) in [6.45, 7) is 0. The summed E-state index contributed by atoms with van der Waals surface area (Å²) in [7, 11) is 1.62. The molecule has 0 amide bonds. The van der Waals surface area contributed by atoms with Crippen molar-refractivity contribution >= 4 is 26.7 Å². The van der Waals surface area contributed by atoms with Crippen molar-refractivity contribution in [3.05, 3.63) is 63.4 Å². The summed E-state index contributed by atoms with van der Waals surface area (Å²) in [6.07, 6.45) is 0. The van der Waals surface area contributed by atoms with Crippen molar-refractivity contribution in [2.24, 2.45) is 0 Å². The first-order valence-corrected chi connectivity index (χ1v) is 6.95. The molecule has 3 nitrogen and oxygen atoms in total. The largest absolute Gasteiger partial charge is 0.497 e. The Hall–Kier alpha value is -2.07. The van der Waals surface area contributed by atoms with Crippen LogP contribution in [0.3, 0.4) is 0 Å². The van der Waals surface area contributed by atoms with Gasteiger partial charge in [-0.1, -0.05) is 30.3 Å². The van der Waals surface area contributed by atoms with E-state index in [4.69, 9.17) is 4.74 Å². The fraction of sp³-hybridized carbons (Fsp3) is 0.0625. The minimum atomic E-state index is -0.0957. The SMILES string of the molecule is COc1cccc(-c2[nH]c(=O)c3ccccc3c2Br)c1. The Morgan fingerprint density at radius 1 is 1.05 bits per heavy atom. The summed E-state index contributed by atoms with van der Waals surface area (Å²) in [5.41, 5.74) is 1.56. The topological polar surface area (TPSA) is 42.1 Å². The van der Waals surface area contributed by atoms with Crippen LogP contribution in [0.4, 0.5) is 0 Å². The van der Waals surface area contributed by atoms with Gasteiger partial charge in [0.15, 0.2) is 0 Å². The Bertz CT molecular complexity index is 839. The van der Waals surface area contributed by atoms with Crippen LogP contribution in [0.1, 0.15) is 0 Å². The maximum atomic E-state index is 12.2. The summed E-state index contributed by atoms with van der Waals surface area (Å²) in [4.78, 5) is 15.1. The van der Waals surface area contributed by atoms with Crippen LogP contribution >= 0.6 is 15.9 Å². The molecule has 1 heterocycles. The lowest BCUT2D eigenvalue weighted by atomic mass is 10.1. The number of hydrogen-bond acceptors (Lipinski definition) is 2. The molecule has 1 N–H and O–H groups in total. The molecule has 20 heavy (non-hydrogen) atoms. The third-order valence-electron chi connectivity index (χ3n) is 3.22. The van der Waals surface area contributed by atoms with Crippen molar-refractivity contribution in [2.75, 3.05) is 7.11 Å². The number of aromatic amines is 1. The summed E-state index contributed by atoms with van der Waals surface area (Å²) in [6, 6.07) is 15.1. The molecule has 3 aromatic rings. The quantitative estimate of drug-likeness (QED) is 0.773. The highest BCUT2D eigenvalue weighted by molar-refractivity contribution is 9.10. The van der Waals surface area contributed by atoms with Gasteiger partial charge in [-0.15, -0.1) is 0 Å². The molecule has 0 aliphatic rings. The molecule has 3 rings (SSSR count). The highest BCUT2D eigenvalue weighted by Crippen LogP contribution is 2.32. The molecule has 0 bridgehead atoms. The number of rotatable bonds is 2. The van der Waals surface area contributed by atoms with E-state index in [1.165, 1.54) is 0 Å².